The van der Waals surface area contributed by atoms with Gasteiger partial charge in [0.25, 0.3) is 0 Å². The van der Waals surface area contributed by atoms with Crippen LogP contribution in [0.25, 0.3) is 0 Å². The number of piperidine rings is 1. The van der Waals surface area contributed by atoms with E-state index in [1.54, 1.807) is 0 Å². The van der Waals surface area contributed by atoms with Gasteiger partial charge in [0.15, 0.2) is 0 Å². The van der Waals surface area contributed by atoms with Crippen molar-refractivity contribution in [2.75, 3.05) is 44.2 Å². The molecular weight excluding hydrogens is 353 g/mol. The normalized spacial score (nSPS) is 21.0. The molecule has 0 bridgehead atoms. The van der Waals surface area contributed by atoms with Crippen LogP contribution in [-0.4, -0.2) is 55.0 Å². The van der Waals surface area contributed by atoms with Gasteiger partial charge in [-0.15, -0.1) is 0 Å². The summed E-state index contributed by atoms with van der Waals surface area (Å²) in [5.74, 6) is 0.180. The molecule has 5 heteroatoms. The highest BCUT2D eigenvalue weighted by molar-refractivity contribution is 5.79. The minimum Gasteiger partial charge on any atom is -0.368 e. The summed E-state index contributed by atoms with van der Waals surface area (Å²) in [6.45, 7) is 5.96. The predicted molar refractivity (Wildman–Crippen MR) is 110 cm³/mol. The van der Waals surface area contributed by atoms with Crippen molar-refractivity contribution in [2.24, 2.45) is 5.92 Å². The van der Waals surface area contributed by atoms with Gasteiger partial charge in [0.05, 0.1) is 5.92 Å². The van der Waals surface area contributed by atoms with Crippen LogP contribution in [0.15, 0.2) is 54.6 Å². The molecule has 148 valence electrons. The summed E-state index contributed by atoms with van der Waals surface area (Å²) in [5, 5.41) is 0. The van der Waals surface area contributed by atoms with Crippen molar-refractivity contribution in [3.05, 3.63) is 66.0 Å². The van der Waals surface area contributed by atoms with E-state index in [2.05, 4.69) is 34.1 Å². The zero-order valence-electron chi connectivity index (χ0n) is 16.3. The number of nitrogens with zero attached hydrogens (tertiary/aromatic N) is 3. The molecule has 2 saturated heterocycles. The van der Waals surface area contributed by atoms with Crippen molar-refractivity contribution >= 4 is 11.6 Å². The zero-order chi connectivity index (χ0) is 19.3. The molecule has 0 aromatic heterocycles. The molecule has 2 heterocycles. The van der Waals surface area contributed by atoms with Gasteiger partial charge in [-0.25, -0.2) is 4.39 Å². The van der Waals surface area contributed by atoms with E-state index < -0.39 is 0 Å². The number of para-hydroxylation sites is 1. The fraction of sp³-hybridized carbons (Fsp3) is 0.435. The summed E-state index contributed by atoms with van der Waals surface area (Å²) >= 11 is 0. The first-order chi connectivity index (χ1) is 13.7. The van der Waals surface area contributed by atoms with Gasteiger partial charge < -0.3 is 9.80 Å². The Bertz CT molecular complexity index is 772. The van der Waals surface area contributed by atoms with Gasteiger partial charge in [-0.3, -0.25) is 9.69 Å². The minimum atomic E-state index is -0.204. The van der Waals surface area contributed by atoms with Crippen LogP contribution in [0, 0.1) is 11.7 Å². The molecule has 28 heavy (non-hydrogen) atoms. The van der Waals surface area contributed by atoms with Crippen molar-refractivity contribution in [1.82, 2.24) is 9.80 Å². The SMILES string of the molecule is O=C(C1CCCN(Cc2ccc(F)cc2)C1)N1CCN(c2ccccc2)CC1. The van der Waals surface area contributed by atoms with Crippen molar-refractivity contribution in [3.63, 3.8) is 0 Å². The number of likely N-dealkylation sites (tertiary alicyclic amines) is 1. The van der Waals surface area contributed by atoms with Crippen LogP contribution in [0.3, 0.4) is 0 Å². The monoisotopic (exact) mass is 381 g/mol. The van der Waals surface area contributed by atoms with E-state index in [1.165, 1.54) is 17.8 Å². The average molecular weight is 381 g/mol. The maximum atomic E-state index is 13.1. The van der Waals surface area contributed by atoms with Crippen LogP contribution in [0.4, 0.5) is 10.1 Å². The number of benzene rings is 2. The summed E-state index contributed by atoms with van der Waals surface area (Å²) in [7, 11) is 0. The van der Waals surface area contributed by atoms with Crippen LogP contribution in [0.2, 0.25) is 0 Å². The van der Waals surface area contributed by atoms with Crippen LogP contribution in [0.5, 0.6) is 0 Å². The number of hydrogen-bond acceptors (Lipinski definition) is 3. The first-order valence-corrected chi connectivity index (χ1v) is 10.2. The van der Waals surface area contributed by atoms with Gasteiger partial charge in [0, 0.05) is 45.0 Å². The van der Waals surface area contributed by atoms with Crippen LogP contribution >= 0.6 is 0 Å². The Kier molecular flexibility index (Phi) is 5.91. The molecule has 0 saturated carbocycles. The lowest BCUT2D eigenvalue weighted by atomic mass is 9.95. The van der Waals surface area contributed by atoms with E-state index in [0.717, 1.165) is 64.2 Å². The molecule has 0 spiro atoms. The molecule has 4 rings (SSSR count). The van der Waals surface area contributed by atoms with Gasteiger partial charge in [0.2, 0.25) is 5.91 Å². The van der Waals surface area contributed by atoms with Gasteiger partial charge in [-0.2, -0.15) is 0 Å². The summed E-state index contributed by atoms with van der Waals surface area (Å²) in [6, 6.07) is 17.1. The van der Waals surface area contributed by atoms with Crippen molar-refractivity contribution in [1.29, 1.82) is 0 Å². The maximum absolute atomic E-state index is 13.1. The van der Waals surface area contributed by atoms with Gasteiger partial charge in [0.1, 0.15) is 5.82 Å². The first kappa shape index (κ1) is 18.9. The highest BCUT2D eigenvalue weighted by atomic mass is 19.1. The van der Waals surface area contributed by atoms with Crippen molar-refractivity contribution in [3.8, 4) is 0 Å². The Balaban J connectivity index is 1.30. The highest BCUT2D eigenvalue weighted by Gasteiger charge is 2.31. The Morgan fingerprint density at radius 3 is 2.36 bits per heavy atom. The highest BCUT2D eigenvalue weighted by Crippen LogP contribution is 2.22. The van der Waals surface area contributed by atoms with E-state index in [4.69, 9.17) is 0 Å². The molecule has 2 fully saturated rings. The number of piperazine rings is 1. The third-order valence-corrected chi connectivity index (χ3v) is 5.89. The predicted octanol–water partition coefficient (Wildman–Crippen LogP) is 3.39. The molecule has 2 aliphatic heterocycles. The van der Waals surface area contributed by atoms with Crippen molar-refractivity contribution < 1.29 is 9.18 Å². The van der Waals surface area contributed by atoms with E-state index in [9.17, 15) is 9.18 Å². The summed E-state index contributed by atoms with van der Waals surface area (Å²) in [5.41, 5.74) is 2.34. The molecule has 1 atom stereocenters. The lowest BCUT2D eigenvalue weighted by molar-refractivity contribution is -0.137. The molecule has 1 amide bonds. The second-order valence-electron chi connectivity index (χ2n) is 7.85. The van der Waals surface area contributed by atoms with Gasteiger partial charge in [-0.1, -0.05) is 30.3 Å². The quantitative estimate of drug-likeness (QED) is 0.812. The third-order valence-electron chi connectivity index (χ3n) is 5.89. The number of hydrogen-bond donors (Lipinski definition) is 0. The van der Waals surface area contributed by atoms with E-state index in [0.29, 0.717) is 5.91 Å². The van der Waals surface area contributed by atoms with Crippen molar-refractivity contribution in [2.45, 2.75) is 19.4 Å². The number of halogens is 1. The lowest BCUT2D eigenvalue weighted by Gasteiger charge is -2.39. The summed E-state index contributed by atoms with van der Waals surface area (Å²) in [6.07, 6.45) is 2.01. The summed E-state index contributed by atoms with van der Waals surface area (Å²) in [4.78, 5) is 19.8. The fourth-order valence-electron chi connectivity index (χ4n) is 4.33. The topological polar surface area (TPSA) is 26.8 Å². The van der Waals surface area contributed by atoms with Crippen LogP contribution < -0.4 is 4.90 Å². The molecule has 1 unspecified atom stereocenters. The largest absolute Gasteiger partial charge is 0.368 e. The molecule has 2 aliphatic rings. The van der Waals surface area contributed by atoms with Crippen LogP contribution in [0.1, 0.15) is 18.4 Å². The fourth-order valence-corrected chi connectivity index (χ4v) is 4.33. The Morgan fingerprint density at radius 1 is 0.929 bits per heavy atom. The standard InChI is InChI=1S/C23H28FN3O/c24-21-10-8-19(9-11-21)17-25-12-4-5-20(18-25)23(28)27-15-13-26(14-16-27)22-6-2-1-3-7-22/h1-3,6-11,20H,4-5,12-18H2. The zero-order valence-corrected chi connectivity index (χ0v) is 16.3. The van der Waals surface area contributed by atoms with Crippen LogP contribution in [-0.2, 0) is 11.3 Å². The number of carbonyl (C=O) groups is 1. The molecule has 2 aromatic rings. The molecule has 0 N–H and O–H groups in total. The van der Waals surface area contributed by atoms with Gasteiger partial charge in [-0.05, 0) is 49.2 Å². The molecule has 0 aliphatic carbocycles. The Morgan fingerprint density at radius 2 is 1.64 bits per heavy atom. The third kappa shape index (κ3) is 4.53. The maximum Gasteiger partial charge on any atom is 0.227 e. The Labute approximate surface area is 166 Å². The smallest absolute Gasteiger partial charge is 0.227 e. The number of anilines is 1. The van der Waals surface area contributed by atoms with E-state index in [1.807, 2.05) is 23.1 Å². The first-order valence-electron chi connectivity index (χ1n) is 10.2. The number of rotatable bonds is 4. The van der Waals surface area contributed by atoms with Gasteiger partial charge >= 0.3 is 0 Å². The number of carbonyl (C=O) groups excluding carboxylic acids is 1. The van der Waals surface area contributed by atoms with E-state index >= 15 is 0 Å². The van der Waals surface area contributed by atoms with E-state index in [-0.39, 0.29) is 11.7 Å². The second-order valence-corrected chi connectivity index (χ2v) is 7.85. The Hall–Kier alpha value is -2.40. The minimum absolute atomic E-state index is 0.0810. The molecule has 4 nitrogen and oxygen atoms in total. The number of amides is 1. The molecule has 2 aromatic carbocycles. The summed E-state index contributed by atoms with van der Waals surface area (Å²) < 4.78 is 13.1. The molecule has 0 radical (unpaired) electrons. The lowest BCUT2D eigenvalue weighted by Crippen LogP contribution is -2.52. The average Bonchev–Trinajstić information content (AvgIpc) is 2.76. The second kappa shape index (κ2) is 8.74. The molecular formula is C23H28FN3O.